The minimum absolute atomic E-state index is 1.69. The summed E-state index contributed by atoms with van der Waals surface area (Å²) in [5, 5.41) is 7.40. The summed E-state index contributed by atoms with van der Waals surface area (Å²) in [7, 11) is 0. The smallest absolute Gasteiger partial charge is 0.138 e. The Balaban J connectivity index is 2.25. The molecule has 0 unspecified atom stereocenters. The van der Waals surface area contributed by atoms with E-state index in [0.717, 1.165) is 0 Å². The maximum Gasteiger partial charge on any atom is 0.138 e. The number of hydrazine groups is 2. The minimum Gasteiger partial charge on any atom is -0.228 e. The predicted octanol–water partition coefficient (Wildman–Crippen LogP) is 0.00790. The number of nitrogens with one attached hydrogen (secondary N) is 1. The van der Waals surface area contributed by atoms with Crippen LogP contribution < -0.4 is 5.53 Å². The highest BCUT2D eigenvalue weighted by molar-refractivity contribution is 5.57. The molecule has 2 heterocycles. The van der Waals surface area contributed by atoms with Gasteiger partial charge in [0.1, 0.15) is 6.34 Å². The van der Waals surface area contributed by atoms with Crippen molar-refractivity contribution in [1.82, 2.24) is 15.7 Å². The first-order chi connectivity index (χ1) is 4.47. The standard InChI is InChI=1S/C5H6N4/c1-2-4-9-7-6-5-8(9)3-1/h1-5,7H. The first-order valence-corrected chi connectivity index (χ1v) is 2.68. The second-order valence-electron chi connectivity index (χ2n) is 1.75. The summed E-state index contributed by atoms with van der Waals surface area (Å²) in [5.41, 5.74) is 2.75. The fourth-order valence-electron chi connectivity index (χ4n) is 0.741. The SMILES string of the molecule is C1=CN2C=NNN2C=C1. The van der Waals surface area contributed by atoms with Crippen LogP contribution in [-0.4, -0.2) is 16.5 Å². The van der Waals surface area contributed by atoms with Crippen molar-refractivity contribution in [2.24, 2.45) is 5.10 Å². The molecule has 0 radical (unpaired) electrons. The Labute approximate surface area is 52.7 Å². The minimum atomic E-state index is 1.69. The lowest BCUT2D eigenvalue weighted by molar-refractivity contribution is 0.124. The zero-order valence-corrected chi connectivity index (χ0v) is 4.73. The topological polar surface area (TPSA) is 30.9 Å². The fraction of sp³-hybridized carbons (Fsp3) is 0. The predicted molar refractivity (Wildman–Crippen MR) is 33.6 cm³/mol. The molecule has 0 fully saturated rings. The molecule has 0 atom stereocenters. The van der Waals surface area contributed by atoms with E-state index in [1.807, 2.05) is 29.6 Å². The van der Waals surface area contributed by atoms with Gasteiger partial charge in [-0.2, -0.15) is 10.7 Å². The third kappa shape index (κ3) is 0.561. The number of rotatable bonds is 0. The molecule has 0 aliphatic carbocycles. The van der Waals surface area contributed by atoms with Crippen LogP contribution in [-0.2, 0) is 0 Å². The maximum absolute atomic E-state index is 3.80. The van der Waals surface area contributed by atoms with Gasteiger partial charge in [-0.3, -0.25) is 0 Å². The second-order valence-corrected chi connectivity index (χ2v) is 1.75. The highest BCUT2D eigenvalue weighted by Crippen LogP contribution is 2.03. The fourth-order valence-corrected chi connectivity index (χ4v) is 0.741. The van der Waals surface area contributed by atoms with Gasteiger partial charge in [0.25, 0.3) is 0 Å². The van der Waals surface area contributed by atoms with Crippen LogP contribution in [0.4, 0.5) is 0 Å². The average molecular weight is 122 g/mol. The van der Waals surface area contributed by atoms with Crippen LogP contribution in [0, 0.1) is 0 Å². The first-order valence-electron chi connectivity index (χ1n) is 2.68. The zero-order valence-electron chi connectivity index (χ0n) is 4.73. The van der Waals surface area contributed by atoms with Crippen LogP contribution in [0.5, 0.6) is 0 Å². The van der Waals surface area contributed by atoms with Gasteiger partial charge in [0, 0.05) is 12.4 Å². The van der Waals surface area contributed by atoms with Crippen molar-refractivity contribution >= 4 is 6.34 Å². The van der Waals surface area contributed by atoms with E-state index in [4.69, 9.17) is 0 Å². The Morgan fingerprint density at radius 2 is 2.11 bits per heavy atom. The summed E-state index contributed by atoms with van der Waals surface area (Å²) in [6.07, 6.45) is 9.35. The highest BCUT2D eigenvalue weighted by atomic mass is 15.9. The molecule has 9 heavy (non-hydrogen) atoms. The number of allylic oxidation sites excluding steroid dienone is 2. The lowest BCUT2D eigenvalue weighted by Gasteiger charge is -2.22. The van der Waals surface area contributed by atoms with E-state index in [2.05, 4.69) is 10.6 Å². The van der Waals surface area contributed by atoms with Crippen LogP contribution >= 0.6 is 0 Å². The quantitative estimate of drug-likeness (QED) is 0.491. The van der Waals surface area contributed by atoms with E-state index in [1.54, 1.807) is 11.5 Å². The van der Waals surface area contributed by atoms with Gasteiger partial charge in [-0.25, -0.2) is 5.01 Å². The molecule has 2 aliphatic heterocycles. The number of hydrogen-bond acceptors (Lipinski definition) is 4. The Kier molecular flexibility index (Phi) is 0.745. The number of hydrogen-bond donors (Lipinski definition) is 1. The van der Waals surface area contributed by atoms with E-state index >= 15 is 0 Å². The van der Waals surface area contributed by atoms with Crippen molar-refractivity contribution < 1.29 is 0 Å². The van der Waals surface area contributed by atoms with Crippen molar-refractivity contribution in [3.63, 3.8) is 0 Å². The Morgan fingerprint density at radius 1 is 1.22 bits per heavy atom. The van der Waals surface area contributed by atoms with E-state index < -0.39 is 0 Å². The normalized spacial score (nSPS) is 20.4. The summed E-state index contributed by atoms with van der Waals surface area (Å²) >= 11 is 0. The number of nitrogens with zero attached hydrogens (tertiary/aromatic N) is 3. The van der Waals surface area contributed by atoms with Gasteiger partial charge < -0.3 is 0 Å². The molecule has 0 bridgehead atoms. The molecule has 4 nitrogen and oxygen atoms in total. The van der Waals surface area contributed by atoms with Crippen LogP contribution in [0.1, 0.15) is 0 Å². The Hall–Kier alpha value is -1.45. The van der Waals surface area contributed by atoms with Crippen molar-refractivity contribution in [2.45, 2.75) is 0 Å². The average Bonchev–Trinajstić information content (AvgIpc) is 2.33. The molecule has 0 amide bonds. The zero-order chi connectivity index (χ0) is 6.10. The van der Waals surface area contributed by atoms with Crippen molar-refractivity contribution in [1.29, 1.82) is 0 Å². The van der Waals surface area contributed by atoms with Gasteiger partial charge in [-0.05, 0) is 12.2 Å². The van der Waals surface area contributed by atoms with Gasteiger partial charge in [-0.15, -0.1) is 5.10 Å². The molecule has 0 aromatic carbocycles. The molecule has 0 spiro atoms. The third-order valence-electron chi connectivity index (χ3n) is 1.16. The molecule has 0 aromatic rings. The van der Waals surface area contributed by atoms with Gasteiger partial charge in [0.2, 0.25) is 0 Å². The summed E-state index contributed by atoms with van der Waals surface area (Å²) in [4.78, 5) is 0. The summed E-state index contributed by atoms with van der Waals surface area (Å²) < 4.78 is 0. The maximum atomic E-state index is 3.80. The number of hydrazone groups is 1. The molecular weight excluding hydrogens is 116 g/mol. The van der Waals surface area contributed by atoms with Crippen LogP contribution in [0.15, 0.2) is 29.7 Å². The van der Waals surface area contributed by atoms with E-state index in [0.29, 0.717) is 0 Å². The van der Waals surface area contributed by atoms with Crippen molar-refractivity contribution in [3.05, 3.63) is 24.6 Å². The van der Waals surface area contributed by atoms with Crippen LogP contribution in [0.25, 0.3) is 0 Å². The van der Waals surface area contributed by atoms with Gasteiger partial charge >= 0.3 is 0 Å². The van der Waals surface area contributed by atoms with Crippen LogP contribution in [0.2, 0.25) is 0 Å². The van der Waals surface area contributed by atoms with Gasteiger partial charge in [0.15, 0.2) is 0 Å². The molecule has 1 N–H and O–H groups in total. The molecule has 2 aliphatic rings. The van der Waals surface area contributed by atoms with Crippen molar-refractivity contribution in [3.8, 4) is 0 Å². The molecule has 4 heteroatoms. The largest absolute Gasteiger partial charge is 0.228 e. The van der Waals surface area contributed by atoms with Gasteiger partial charge in [-0.1, -0.05) is 0 Å². The summed E-state index contributed by atoms with van der Waals surface area (Å²) in [6, 6.07) is 0. The van der Waals surface area contributed by atoms with Crippen LogP contribution in [0.3, 0.4) is 0 Å². The molecule has 0 saturated carbocycles. The molecule has 0 aromatic heterocycles. The molecule has 46 valence electrons. The van der Waals surface area contributed by atoms with Crippen molar-refractivity contribution in [2.75, 3.05) is 0 Å². The molecule has 2 rings (SSSR count). The lowest BCUT2D eigenvalue weighted by Crippen LogP contribution is -2.35. The first kappa shape index (κ1) is 4.43. The molecular formula is C5H6N4. The highest BCUT2D eigenvalue weighted by Gasteiger charge is 2.10. The Morgan fingerprint density at radius 3 is 3.00 bits per heavy atom. The van der Waals surface area contributed by atoms with E-state index in [1.165, 1.54) is 0 Å². The summed E-state index contributed by atoms with van der Waals surface area (Å²) in [5.74, 6) is 0. The van der Waals surface area contributed by atoms with Gasteiger partial charge in [0.05, 0.1) is 0 Å². The van der Waals surface area contributed by atoms with E-state index in [9.17, 15) is 0 Å². The summed E-state index contributed by atoms with van der Waals surface area (Å²) in [6.45, 7) is 0. The van der Waals surface area contributed by atoms with E-state index in [-0.39, 0.29) is 0 Å². The Bertz CT molecular complexity index is 193. The number of fused-ring (bicyclic) bond motifs is 1. The molecule has 0 saturated heterocycles. The monoisotopic (exact) mass is 122 g/mol. The lowest BCUT2D eigenvalue weighted by atomic mass is 10.5. The second kappa shape index (κ2) is 1.51. The third-order valence-corrected chi connectivity index (χ3v) is 1.16.